The fourth-order valence-electron chi connectivity index (χ4n) is 1.10. The first-order valence-corrected chi connectivity index (χ1v) is 4.95. The van der Waals surface area contributed by atoms with Crippen molar-refractivity contribution in [3.05, 3.63) is 0 Å². The van der Waals surface area contributed by atoms with E-state index in [9.17, 15) is 9.59 Å². The Bertz CT molecular complexity index is 249. The minimum atomic E-state index is -0.572. The molecule has 0 aromatic carbocycles. The maximum atomic E-state index is 11.5. The lowest BCUT2D eigenvalue weighted by molar-refractivity contribution is -0.135. The standard InChI is InChI=1S/C10H21N3O2.ClH/c1-7(11)9(15)13(5)6-8(14)12-10(2,3)4;/h7H,6,11H2,1-5H3,(H,12,14);1H. The maximum absolute atomic E-state index is 11.5. The molecule has 6 heteroatoms. The maximum Gasteiger partial charge on any atom is 0.240 e. The predicted octanol–water partition coefficient (Wildman–Crippen LogP) is 0.129. The Balaban J connectivity index is 0. The highest BCUT2D eigenvalue weighted by Crippen LogP contribution is 1.98. The number of nitrogens with one attached hydrogen (secondary N) is 1. The summed E-state index contributed by atoms with van der Waals surface area (Å²) in [5, 5.41) is 2.77. The van der Waals surface area contributed by atoms with Gasteiger partial charge in [-0.3, -0.25) is 9.59 Å². The summed E-state index contributed by atoms with van der Waals surface area (Å²) >= 11 is 0. The molecule has 0 aromatic rings. The molecule has 0 spiro atoms. The highest BCUT2D eigenvalue weighted by molar-refractivity contribution is 5.87. The van der Waals surface area contributed by atoms with Gasteiger partial charge in [-0.1, -0.05) is 0 Å². The van der Waals surface area contributed by atoms with Crippen LogP contribution in [-0.4, -0.2) is 41.9 Å². The van der Waals surface area contributed by atoms with Crippen molar-refractivity contribution in [3.8, 4) is 0 Å². The van der Waals surface area contributed by atoms with Gasteiger partial charge in [-0.15, -0.1) is 12.4 Å². The number of hydrogen-bond acceptors (Lipinski definition) is 3. The molecule has 1 atom stereocenters. The third-order valence-corrected chi connectivity index (χ3v) is 1.66. The van der Waals surface area contributed by atoms with E-state index in [4.69, 9.17) is 5.73 Å². The lowest BCUT2D eigenvalue weighted by Crippen LogP contribution is -2.48. The molecule has 0 saturated carbocycles. The number of amides is 2. The molecule has 3 N–H and O–H groups in total. The third kappa shape index (κ3) is 7.48. The molecule has 96 valence electrons. The smallest absolute Gasteiger partial charge is 0.240 e. The molecule has 0 rings (SSSR count). The summed E-state index contributed by atoms with van der Waals surface area (Å²) in [7, 11) is 1.56. The first-order chi connectivity index (χ1) is 6.63. The SMILES string of the molecule is CC(N)C(=O)N(C)CC(=O)NC(C)(C)C.Cl. The molecule has 16 heavy (non-hydrogen) atoms. The molecule has 0 bridgehead atoms. The summed E-state index contributed by atoms with van der Waals surface area (Å²) in [6.07, 6.45) is 0. The van der Waals surface area contributed by atoms with Crippen LogP contribution < -0.4 is 11.1 Å². The fraction of sp³-hybridized carbons (Fsp3) is 0.800. The fourth-order valence-corrected chi connectivity index (χ4v) is 1.10. The van der Waals surface area contributed by atoms with E-state index in [2.05, 4.69) is 5.32 Å². The van der Waals surface area contributed by atoms with Crippen LogP contribution in [0.2, 0.25) is 0 Å². The van der Waals surface area contributed by atoms with Crippen molar-refractivity contribution in [1.82, 2.24) is 10.2 Å². The second kappa shape index (κ2) is 6.70. The number of carbonyl (C=O) groups is 2. The minimum Gasteiger partial charge on any atom is -0.350 e. The van der Waals surface area contributed by atoms with Crippen LogP contribution in [0.4, 0.5) is 0 Å². The first kappa shape index (κ1) is 17.6. The summed E-state index contributed by atoms with van der Waals surface area (Å²) in [6.45, 7) is 7.30. The minimum absolute atomic E-state index is 0. The van der Waals surface area contributed by atoms with Gasteiger partial charge in [0.25, 0.3) is 0 Å². The average molecular weight is 252 g/mol. The number of halogens is 1. The lowest BCUT2D eigenvalue weighted by Gasteiger charge is -2.24. The summed E-state index contributed by atoms with van der Waals surface area (Å²) < 4.78 is 0. The number of carbonyl (C=O) groups excluding carboxylic acids is 2. The topological polar surface area (TPSA) is 75.4 Å². The summed E-state index contributed by atoms with van der Waals surface area (Å²) in [5.74, 6) is -0.418. The second-order valence-corrected chi connectivity index (χ2v) is 4.78. The van der Waals surface area contributed by atoms with Gasteiger partial charge in [0, 0.05) is 12.6 Å². The Morgan fingerprint density at radius 3 is 2.12 bits per heavy atom. The molecule has 0 saturated heterocycles. The number of nitrogens with zero attached hydrogens (tertiary/aromatic N) is 1. The van der Waals surface area contributed by atoms with Crippen LogP contribution >= 0.6 is 12.4 Å². The van der Waals surface area contributed by atoms with E-state index in [1.807, 2.05) is 20.8 Å². The monoisotopic (exact) mass is 251 g/mol. The van der Waals surface area contributed by atoms with Gasteiger partial charge in [0.05, 0.1) is 12.6 Å². The lowest BCUT2D eigenvalue weighted by atomic mass is 10.1. The van der Waals surface area contributed by atoms with Gasteiger partial charge in [-0.25, -0.2) is 0 Å². The van der Waals surface area contributed by atoms with Crippen LogP contribution in [0, 0.1) is 0 Å². The number of likely N-dealkylation sites (N-methyl/N-ethyl adjacent to an activating group) is 1. The zero-order valence-electron chi connectivity index (χ0n) is 10.5. The summed E-state index contributed by atoms with van der Waals surface area (Å²) in [4.78, 5) is 24.1. The van der Waals surface area contributed by atoms with Crippen molar-refractivity contribution in [3.63, 3.8) is 0 Å². The molecule has 2 amide bonds. The van der Waals surface area contributed by atoms with Gasteiger partial charge in [-0.05, 0) is 27.7 Å². The van der Waals surface area contributed by atoms with Crippen LogP contribution in [0.3, 0.4) is 0 Å². The molecule has 0 aliphatic carbocycles. The molecule has 0 aliphatic rings. The molecule has 0 radical (unpaired) electrons. The van der Waals surface area contributed by atoms with Gasteiger partial charge in [0.2, 0.25) is 11.8 Å². The molecule has 0 fully saturated rings. The average Bonchev–Trinajstić information content (AvgIpc) is 1.98. The van der Waals surface area contributed by atoms with Gasteiger partial charge in [0.15, 0.2) is 0 Å². The Labute approximate surface area is 103 Å². The van der Waals surface area contributed by atoms with Gasteiger partial charge in [-0.2, -0.15) is 0 Å². The largest absolute Gasteiger partial charge is 0.350 e. The third-order valence-electron chi connectivity index (χ3n) is 1.66. The van der Waals surface area contributed by atoms with Crippen LogP contribution in [0.1, 0.15) is 27.7 Å². The Morgan fingerprint density at radius 2 is 1.81 bits per heavy atom. The predicted molar refractivity (Wildman–Crippen MR) is 66.4 cm³/mol. The molecular formula is C10H22ClN3O2. The molecule has 5 nitrogen and oxygen atoms in total. The van der Waals surface area contributed by atoms with E-state index in [1.54, 1.807) is 14.0 Å². The van der Waals surface area contributed by atoms with Crippen molar-refractivity contribution in [2.24, 2.45) is 5.73 Å². The first-order valence-electron chi connectivity index (χ1n) is 4.95. The Morgan fingerprint density at radius 1 is 1.38 bits per heavy atom. The highest BCUT2D eigenvalue weighted by Gasteiger charge is 2.19. The highest BCUT2D eigenvalue weighted by atomic mass is 35.5. The van der Waals surface area contributed by atoms with Crippen LogP contribution in [-0.2, 0) is 9.59 Å². The quantitative estimate of drug-likeness (QED) is 0.749. The molecule has 0 aromatic heterocycles. The Kier molecular flexibility index (Phi) is 7.37. The van der Waals surface area contributed by atoms with Crippen molar-refractivity contribution >= 4 is 24.2 Å². The Hall–Kier alpha value is -0.810. The van der Waals surface area contributed by atoms with E-state index in [1.165, 1.54) is 4.90 Å². The number of nitrogens with two attached hydrogens (primary N) is 1. The summed E-state index contributed by atoms with van der Waals surface area (Å²) in [6, 6.07) is -0.572. The van der Waals surface area contributed by atoms with E-state index >= 15 is 0 Å². The molecular weight excluding hydrogens is 230 g/mol. The van der Waals surface area contributed by atoms with Crippen LogP contribution in [0.25, 0.3) is 0 Å². The van der Waals surface area contributed by atoms with Crippen molar-refractivity contribution in [1.29, 1.82) is 0 Å². The van der Waals surface area contributed by atoms with E-state index < -0.39 is 6.04 Å². The molecule has 0 aliphatic heterocycles. The number of rotatable bonds is 3. The van der Waals surface area contributed by atoms with Crippen LogP contribution in [0.5, 0.6) is 0 Å². The zero-order valence-corrected chi connectivity index (χ0v) is 11.4. The van der Waals surface area contributed by atoms with Crippen molar-refractivity contribution in [2.75, 3.05) is 13.6 Å². The van der Waals surface area contributed by atoms with Gasteiger partial charge in [0.1, 0.15) is 0 Å². The van der Waals surface area contributed by atoms with E-state index in [0.717, 1.165) is 0 Å². The van der Waals surface area contributed by atoms with Crippen LogP contribution in [0.15, 0.2) is 0 Å². The van der Waals surface area contributed by atoms with Crippen molar-refractivity contribution < 1.29 is 9.59 Å². The van der Waals surface area contributed by atoms with Crippen molar-refractivity contribution in [2.45, 2.75) is 39.3 Å². The van der Waals surface area contributed by atoms with Gasteiger partial charge >= 0.3 is 0 Å². The van der Waals surface area contributed by atoms with E-state index in [-0.39, 0.29) is 36.3 Å². The number of hydrogen-bond donors (Lipinski definition) is 2. The van der Waals surface area contributed by atoms with Gasteiger partial charge < -0.3 is 16.0 Å². The van der Waals surface area contributed by atoms with E-state index in [0.29, 0.717) is 0 Å². The second-order valence-electron chi connectivity index (χ2n) is 4.78. The summed E-state index contributed by atoms with van der Waals surface area (Å²) in [5.41, 5.74) is 5.13. The zero-order chi connectivity index (χ0) is 12.2. The molecule has 0 heterocycles. The normalized spacial score (nSPS) is 12.4. The molecule has 1 unspecified atom stereocenters.